The number of rotatable bonds is 5. The average Bonchev–Trinajstić information content (AvgIpc) is 2.89. The lowest BCUT2D eigenvalue weighted by Crippen LogP contribution is -2.40. The summed E-state index contributed by atoms with van der Waals surface area (Å²) >= 11 is 0. The van der Waals surface area contributed by atoms with Crippen LogP contribution in [0.1, 0.15) is 32.1 Å². The summed E-state index contributed by atoms with van der Waals surface area (Å²) in [6, 6.07) is 0.657. The molecule has 0 aromatic carbocycles. The third-order valence-electron chi connectivity index (χ3n) is 5.67. The molecule has 1 fully saturated rings. The molecule has 1 saturated heterocycles. The smallest absolute Gasteiger partial charge is 0.248 e. The van der Waals surface area contributed by atoms with Gasteiger partial charge in [-0.1, -0.05) is 23.8 Å². The van der Waals surface area contributed by atoms with Gasteiger partial charge in [-0.3, -0.25) is 14.6 Å². The molecule has 0 saturated carbocycles. The second kappa shape index (κ2) is 9.51. The van der Waals surface area contributed by atoms with Crippen molar-refractivity contribution in [3.8, 4) is 0 Å². The number of carbonyl (C=O) groups excluding carboxylic acids is 1. The molecule has 3 rings (SSSR count). The van der Waals surface area contributed by atoms with Crippen LogP contribution in [-0.4, -0.2) is 86.2 Å². The zero-order valence-electron chi connectivity index (χ0n) is 15.7. The molecule has 1 aliphatic carbocycles. The number of ether oxygens (including phenoxy) is 1. The summed E-state index contributed by atoms with van der Waals surface area (Å²) in [6.07, 6.45) is 13.4. The van der Waals surface area contributed by atoms with Crippen LogP contribution in [0.2, 0.25) is 0 Å². The van der Waals surface area contributed by atoms with Crippen LogP contribution in [0, 0.1) is 0 Å². The minimum Gasteiger partial charge on any atom is -0.375 e. The van der Waals surface area contributed by atoms with E-state index in [0.717, 1.165) is 45.7 Å². The highest BCUT2D eigenvalue weighted by molar-refractivity contribution is 5.77. The van der Waals surface area contributed by atoms with Crippen LogP contribution in [0.5, 0.6) is 0 Å². The Hall–Kier alpha value is -1.17. The largest absolute Gasteiger partial charge is 0.375 e. The standard InChI is InChI=1S/C20H33N3O2/c1-25-17-20(24)23-11-5-10-21(14-15-23)16-18-8-12-22(13-9-18)19-6-3-2-4-7-19/h3,6,8,19H,2,4-5,7,9-17H2,1H3/t19-/m1/s1. The van der Waals surface area contributed by atoms with E-state index in [1.54, 1.807) is 12.7 Å². The molecule has 0 radical (unpaired) electrons. The highest BCUT2D eigenvalue weighted by atomic mass is 16.5. The maximum atomic E-state index is 12.0. The van der Waals surface area contributed by atoms with Crippen LogP contribution in [-0.2, 0) is 9.53 Å². The van der Waals surface area contributed by atoms with Crippen molar-refractivity contribution in [2.75, 3.05) is 59.5 Å². The van der Waals surface area contributed by atoms with Gasteiger partial charge in [0.15, 0.2) is 0 Å². The van der Waals surface area contributed by atoms with Gasteiger partial charge in [-0.25, -0.2) is 0 Å². The van der Waals surface area contributed by atoms with E-state index in [-0.39, 0.29) is 12.5 Å². The van der Waals surface area contributed by atoms with Gasteiger partial charge < -0.3 is 9.64 Å². The van der Waals surface area contributed by atoms with E-state index in [0.29, 0.717) is 6.04 Å². The first-order chi connectivity index (χ1) is 12.3. The van der Waals surface area contributed by atoms with Gasteiger partial charge in [0.25, 0.3) is 0 Å². The van der Waals surface area contributed by atoms with Gasteiger partial charge in [0.05, 0.1) is 0 Å². The molecule has 1 atom stereocenters. The van der Waals surface area contributed by atoms with E-state index in [2.05, 4.69) is 28.0 Å². The number of nitrogens with zero attached hydrogens (tertiary/aromatic N) is 3. The van der Waals surface area contributed by atoms with Crippen molar-refractivity contribution >= 4 is 5.91 Å². The molecule has 2 aliphatic heterocycles. The fourth-order valence-corrected chi connectivity index (χ4v) is 4.15. The summed E-state index contributed by atoms with van der Waals surface area (Å²) in [5.41, 5.74) is 1.58. The quantitative estimate of drug-likeness (QED) is 0.712. The van der Waals surface area contributed by atoms with Crippen molar-refractivity contribution in [1.29, 1.82) is 0 Å². The maximum Gasteiger partial charge on any atom is 0.248 e. The van der Waals surface area contributed by atoms with Gasteiger partial charge in [0.2, 0.25) is 5.91 Å². The molecule has 0 aromatic rings. The second-order valence-corrected chi connectivity index (χ2v) is 7.48. The van der Waals surface area contributed by atoms with Crippen LogP contribution in [0.25, 0.3) is 0 Å². The van der Waals surface area contributed by atoms with Crippen LogP contribution in [0.3, 0.4) is 0 Å². The van der Waals surface area contributed by atoms with E-state index in [1.165, 1.54) is 32.2 Å². The predicted molar refractivity (Wildman–Crippen MR) is 101 cm³/mol. The topological polar surface area (TPSA) is 36.0 Å². The lowest BCUT2D eigenvalue weighted by molar-refractivity contribution is -0.135. The van der Waals surface area contributed by atoms with Gasteiger partial charge in [-0.15, -0.1) is 0 Å². The van der Waals surface area contributed by atoms with Crippen LogP contribution < -0.4 is 0 Å². The van der Waals surface area contributed by atoms with Crippen LogP contribution in [0.4, 0.5) is 0 Å². The molecule has 0 N–H and O–H groups in total. The molecule has 0 aromatic heterocycles. The zero-order valence-corrected chi connectivity index (χ0v) is 15.7. The van der Waals surface area contributed by atoms with E-state index in [4.69, 9.17) is 4.74 Å². The Kier molecular flexibility index (Phi) is 7.08. The minimum absolute atomic E-state index is 0.123. The lowest BCUT2D eigenvalue weighted by atomic mass is 9.98. The van der Waals surface area contributed by atoms with Gasteiger partial charge in [-0.2, -0.15) is 0 Å². The highest BCUT2D eigenvalue weighted by Crippen LogP contribution is 2.21. The molecule has 5 heteroatoms. The Morgan fingerprint density at radius 3 is 2.84 bits per heavy atom. The maximum absolute atomic E-state index is 12.0. The monoisotopic (exact) mass is 347 g/mol. The van der Waals surface area contributed by atoms with Gasteiger partial charge >= 0.3 is 0 Å². The molecular weight excluding hydrogens is 314 g/mol. The highest BCUT2D eigenvalue weighted by Gasteiger charge is 2.22. The summed E-state index contributed by atoms with van der Waals surface area (Å²) < 4.78 is 4.98. The van der Waals surface area contributed by atoms with Gasteiger partial charge in [-0.05, 0) is 32.1 Å². The van der Waals surface area contributed by atoms with Crippen molar-refractivity contribution < 1.29 is 9.53 Å². The molecule has 2 heterocycles. The minimum atomic E-state index is 0.123. The Bertz CT molecular complexity index is 503. The zero-order chi connectivity index (χ0) is 17.5. The lowest BCUT2D eigenvalue weighted by Gasteiger charge is -2.34. The second-order valence-electron chi connectivity index (χ2n) is 7.48. The number of amides is 1. The number of carbonyl (C=O) groups is 1. The Labute approximate surface area is 152 Å². The third-order valence-corrected chi connectivity index (χ3v) is 5.67. The molecule has 3 aliphatic rings. The normalized spacial score (nSPS) is 26.4. The molecule has 1 amide bonds. The first-order valence-corrected chi connectivity index (χ1v) is 9.84. The third kappa shape index (κ3) is 5.40. The van der Waals surface area contributed by atoms with E-state index < -0.39 is 0 Å². The Balaban J connectivity index is 1.45. The molecule has 140 valence electrons. The van der Waals surface area contributed by atoms with E-state index in [9.17, 15) is 4.79 Å². The van der Waals surface area contributed by atoms with Crippen molar-refractivity contribution in [2.45, 2.75) is 38.1 Å². The van der Waals surface area contributed by atoms with Crippen LogP contribution >= 0.6 is 0 Å². The van der Waals surface area contributed by atoms with Crippen molar-refractivity contribution in [3.63, 3.8) is 0 Å². The predicted octanol–water partition coefficient (Wildman–Crippen LogP) is 1.91. The summed E-state index contributed by atoms with van der Waals surface area (Å²) in [7, 11) is 1.59. The van der Waals surface area contributed by atoms with Crippen molar-refractivity contribution in [3.05, 3.63) is 23.8 Å². The van der Waals surface area contributed by atoms with E-state index in [1.807, 2.05) is 4.90 Å². The van der Waals surface area contributed by atoms with Crippen molar-refractivity contribution in [1.82, 2.24) is 14.7 Å². The van der Waals surface area contributed by atoms with Gasteiger partial charge in [0, 0.05) is 59.0 Å². The summed E-state index contributed by atoms with van der Waals surface area (Å²) in [6.45, 7) is 7.31. The fraction of sp³-hybridized carbons (Fsp3) is 0.750. The average molecular weight is 348 g/mol. The van der Waals surface area contributed by atoms with Crippen molar-refractivity contribution in [2.24, 2.45) is 0 Å². The van der Waals surface area contributed by atoms with Gasteiger partial charge in [0.1, 0.15) is 6.61 Å². The molecule has 25 heavy (non-hydrogen) atoms. The number of methoxy groups -OCH3 is 1. The summed E-state index contributed by atoms with van der Waals surface area (Å²) in [5, 5.41) is 0. The number of hydrogen-bond acceptors (Lipinski definition) is 4. The number of hydrogen-bond donors (Lipinski definition) is 0. The Morgan fingerprint density at radius 2 is 2.12 bits per heavy atom. The van der Waals surface area contributed by atoms with Crippen LogP contribution in [0.15, 0.2) is 23.8 Å². The summed E-state index contributed by atoms with van der Waals surface area (Å²) in [4.78, 5) is 19.1. The SMILES string of the molecule is COCC(=O)N1CCCN(CC2=CCN([C@@H]3C=CCCC3)CC2)CC1. The number of allylic oxidation sites excluding steroid dienone is 1. The Morgan fingerprint density at radius 1 is 1.20 bits per heavy atom. The first kappa shape index (κ1) is 18.6. The molecule has 5 nitrogen and oxygen atoms in total. The van der Waals surface area contributed by atoms with E-state index >= 15 is 0 Å². The summed E-state index contributed by atoms with van der Waals surface area (Å²) in [5.74, 6) is 0.123. The first-order valence-electron chi connectivity index (χ1n) is 9.84. The molecule has 0 spiro atoms. The molecule has 0 unspecified atom stereocenters. The molecule has 0 bridgehead atoms. The fourth-order valence-electron chi connectivity index (χ4n) is 4.15. The molecular formula is C20H33N3O2.